The third-order valence-electron chi connectivity index (χ3n) is 22.8. The number of aromatic nitrogens is 4. The maximum absolute atomic E-state index is 13.6. The molecule has 6 saturated heterocycles. The Morgan fingerprint density at radius 1 is 0.542 bits per heavy atom. The zero-order chi connectivity index (χ0) is 83.9. The van der Waals surface area contributed by atoms with Crippen LogP contribution in [0.15, 0.2) is 120 Å². The van der Waals surface area contributed by atoms with Gasteiger partial charge in [0.1, 0.15) is 53.2 Å². The van der Waals surface area contributed by atoms with Crippen LogP contribution >= 0.6 is 0 Å². The van der Waals surface area contributed by atoms with Gasteiger partial charge in [-0.3, -0.25) is 97.7 Å². The first-order chi connectivity index (χ1) is 56.8. The molecule has 3 atom stereocenters. The molecule has 8 aromatic rings. The number of nitrogens with zero attached hydrogens (tertiary/aromatic N) is 8. The number of nitrogens with one attached hydrogen (secondary N) is 3. The number of imide groups is 4. The second-order valence-corrected chi connectivity index (χ2v) is 29.8. The minimum Gasteiger partial charge on any atom is -0.496 e. The zero-order valence-corrected chi connectivity index (χ0v) is 65.8. The van der Waals surface area contributed by atoms with Crippen molar-refractivity contribution in [2.24, 2.45) is 20.0 Å². The third kappa shape index (κ3) is 17.1. The summed E-state index contributed by atoms with van der Waals surface area (Å²) in [6, 6.07) is 18.4. The number of carbonyl (C=O) groups is 11. The van der Waals surface area contributed by atoms with Crippen LogP contribution in [0.3, 0.4) is 0 Å². The Balaban J connectivity index is 0.000000167. The number of ketones is 1. The monoisotopic (exact) mass is 1620 g/mol. The predicted octanol–water partition coefficient (Wildman–Crippen LogP) is 5.25. The highest BCUT2D eigenvalue weighted by atomic mass is 16.5. The molecule has 0 radical (unpaired) electrons. The number of carbonyl (C=O) groups excluding carboxylic acids is 9. The first kappa shape index (κ1) is 83.3. The molecule has 16 rings (SSSR count). The summed E-state index contributed by atoms with van der Waals surface area (Å²) in [4.78, 5) is 172. The highest BCUT2D eigenvalue weighted by Gasteiger charge is 2.49. The van der Waals surface area contributed by atoms with Gasteiger partial charge in [0, 0.05) is 140 Å². The number of pyridine rings is 4. The fraction of sp³-hybridized carbons (Fsp3) is 0.393. The summed E-state index contributed by atoms with van der Waals surface area (Å²) < 4.78 is 50.2. The summed E-state index contributed by atoms with van der Waals surface area (Å²) in [5.41, 5.74) is 4.88. The molecule has 0 bridgehead atoms. The first-order valence-electron chi connectivity index (χ1n) is 38.4. The van der Waals surface area contributed by atoms with E-state index in [9.17, 15) is 57.5 Å². The number of ether oxygens (including phenoxy) is 8. The van der Waals surface area contributed by atoms with Gasteiger partial charge in [-0.2, -0.15) is 0 Å². The van der Waals surface area contributed by atoms with Crippen molar-refractivity contribution in [2.45, 2.75) is 101 Å². The van der Waals surface area contributed by atoms with Crippen LogP contribution in [0, 0.1) is 5.92 Å². The number of amides is 8. The zero-order valence-electron chi connectivity index (χ0n) is 65.8. The van der Waals surface area contributed by atoms with Gasteiger partial charge in [0.15, 0.2) is 12.4 Å². The van der Waals surface area contributed by atoms with Crippen LogP contribution < -0.4 is 55.5 Å². The van der Waals surface area contributed by atoms with E-state index in [1.807, 2.05) is 48.8 Å². The van der Waals surface area contributed by atoms with Crippen molar-refractivity contribution in [1.82, 2.24) is 54.7 Å². The number of Topliss-reactive ketones (excluding diaryl/α,β-unsaturated/α-hetero) is 1. The van der Waals surface area contributed by atoms with E-state index in [2.05, 4.69) is 35.7 Å². The molecule has 5 N–H and O–H groups in total. The van der Waals surface area contributed by atoms with Crippen molar-refractivity contribution < 1.29 is 101 Å². The van der Waals surface area contributed by atoms with Crippen LogP contribution in [-0.4, -0.2) is 232 Å². The Hall–Kier alpha value is -12.6. The lowest BCUT2D eigenvalue weighted by atomic mass is 9.78. The van der Waals surface area contributed by atoms with Gasteiger partial charge in [-0.25, -0.2) is 4.79 Å². The van der Waals surface area contributed by atoms with Crippen LogP contribution in [0.2, 0.25) is 0 Å². The van der Waals surface area contributed by atoms with E-state index in [1.54, 1.807) is 82.5 Å². The average Bonchev–Trinajstić information content (AvgIpc) is 1.64. The second-order valence-electron chi connectivity index (χ2n) is 29.8. The summed E-state index contributed by atoms with van der Waals surface area (Å²) in [5.74, 6) is -3.78. The summed E-state index contributed by atoms with van der Waals surface area (Å²) in [5, 5.41) is 26.1. The molecule has 12 heterocycles. The number of aliphatic carboxylic acids is 1. The Bertz CT molecular complexity index is 5400. The normalized spacial score (nSPS) is 19.5. The van der Waals surface area contributed by atoms with E-state index >= 15 is 0 Å². The van der Waals surface area contributed by atoms with E-state index in [-0.39, 0.29) is 101 Å². The lowest BCUT2D eigenvalue weighted by Gasteiger charge is -2.46. The predicted molar refractivity (Wildman–Crippen MR) is 422 cm³/mol. The number of fused-ring (bicyclic) bond motifs is 4. The molecule has 8 aliphatic rings. The molecule has 34 heteroatoms. The van der Waals surface area contributed by atoms with Gasteiger partial charge in [0.25, 0.3) is 41.2 Å². The molecule has 34 nitrogen and oxygen atoms in total. The van der Waals surface area contributed by atoms with Gasteiger partial charge in [-0.1, -0.05) is 12.1 Å². The molecule has 2 spiro atoms. The van der Waals surface area contributed by atoms with Gasteiger partial charge >= 0.3 is 5.97 Å². The van der Waals surface area contributed by atoms with E-state index in [4.69, 9.17) is 52.9 Å². The number of aryl methyl sites for hydroxylation is 2. The number of morpholine rings is 1. The smallest absolute Gasteiger partial charge is 0.341 e. The molecule has 0 aliphatic carbocycles. The lowest BCUT2D eigenvalue weighted by molar-refractivity contribution is -0.148. The lowest BCUT2D eigenvalue weighted by Crippen LogP contribution is -2.55. The van der Waals surface area contributed by atoms with Crippen molar-refractivity contribution in [3.05, 3.63) is 164 Å². The molecular formula is C84H89N11O23. The van der Waals surface area contributed by atoms with Crippen LogP contribution in [-0.2, 0) is 70.2 Å². The van der Waals surface area contributed by atoms with Gasteiger partial charge in [0.05, 0.1) is 90.4 Å². The fourth-order valence-electron chi connectivity index (χ4n) is 16.7. The number of hydrogen-bond donors (Lipinski definition) is 5. The topological polar surface area (TPSA) is 421 Å². The van der Waals surface area contributed by atoms with Crippen LogP contribution in [0.5, 0.6) is 34.5 Å². The number of hydrogen-bond acceptors (Lipinski definition) is 26. The van der Waals surface area contributed by atoms with Crippen LogP contribution in [0.1, 0.15) is 117 Å². The Labute approximate surface area is 675 Å². The number of carboxylic acids is 1. The molecule has 8 amide bonds. The van der Waals surface area contributed by atoms with Crippen molar-refractivity contribution in [3.8, 4) is 56.8 Å². The molecule has 118 heavy (non-hydrogen) atoms. The maximum Gasteiger partial charge on any atom is 0.341 e. The number of methoxy groups -OCH3 is 4. The standard InChI is InChI=1S/C42H43N5O10.C26H32N4O4.C15H12N2O7.CH2O2/c1-45-21-29(26-9-13-43-20-28(26)39(45)51)25-17-34(54-2)30(35(18-25)55-3)22-46-14-11-42(12-15-46)19-24(10-16-57-42)32(48)23-56-33-6-4-5-27-37(33)41(53)47(40(27)52)31-7-8-36(49)44-38(31)50;1-29-15-21(19-4-7-27-14-20(19)25(29)31)18-12-23(32-2)22(24(13-18)33-3)16-30-9-5-26(6-10-30)17-28-8-11-34-26;18-10-5-4-8(13(21)16-10)17-14(22)7-2-1-3-9(12(7)15(17)23)24-6-11(19)20;2-1-3/h4-6,9,13,17-18,20-21,24,31H,7-8,10-12,14-16,19,22-23H2,1-3H3,(H,44,49,50);4,7,12-15,28H,5-6,8-11,16-17H2,1-3H3;1-3,8H,4-6H2,(H,19,20)(H,16,18,21);1H,(H,2,3). The molecule has 8 aliphatic heterocycles. The van der Waals surface area contributed by atoms with Gasteiger partial charge in [-0.05, 0) is 134 Å². The van der Waals surface area contributed by atoms with E-state index < -0.39 is 77.5 Å². The third-order valence-corrected chi connectivity index (χ3v) is 22.8. The summed E-state index contributed by atoms with van der Waals surface area (Å²) in [7, 11) is 10.1. The largest absolute Gasteiger partial charge is 0.496 e. The summed E-state index contributed by atoms with van der Waals surface area (Å²) in [6.07, 6.45) is 14.9. The van der Waals surface area contributed by atoms with E-state index in [1.165, 1.54) is 30.3 Å². The van der Waals surface area contributed by atoms with Crippen molar-refractivity contribution in [2.75, 3.05) is 94.1 Å². The quantitative estimate of drug-likeness (QED) is 0.0509. The minimum absolute atomic E-state index is 0.0109. The van der Waals surface area contributed by atoms with Gasteiger partial charge in [0.2, 0.25) is 23.6 Å². The second kappa shape index (κ2) is 35.9. The van der Waals surface area contributed by atoms with Crippen molar-refractivity contribution >= 4 is 87.0 Å². The summed E-state index contributed by atoms with van der Waals surface area (Å²) >= 11 is 0. The van der Waals surface area contributed by atoms with Gasteiger partial charge in [-0.15, -0.1) is 0 Å². The number of carboxylic acid groups (broad SMARTS) is 2. The molecule has 4 aromatic heterocycles. The van der Waals surface area contributed by atoms with E-state index in [0.717, 1.165) is 144 Å². The highest BCUT2D eigenvalue weighted by Crippen LogP contribution is 2.44. The Morgan fingerprint density at radius 3 is 1.37 bits per heavy atom. The summed E-state index contributed by atoms with van der Waals surface area (Å²) in [6.45, 7) is 6.58. The average molecular weight is 1620 g/mol. The Morgan fingerprint density at radius 2 is 0.966 bits per heavy atom. The SMILES string of the molecule is COc1cc(-c2cn(C)c(=O)c3cnccc23)cc(OC)c1CN1CCC2(CC1)CC(C(=O)COc1cccc3c1C(=O)N(C1CCC(=O)NC1=O)C3=O)CCO2.COc1cc(-c2cn(C)c(=O)c3cnccc23)cc(OC)c1CN1CCC2(CC1)CNCCO2.O=C(O)COc1cccc2c1C(=O)N(C1CCC(=O)NC1=O)C2=O.O=CO. The molecule has 6 fully saturated rings. The Kier molecular flexibility index (Phi) is 25.3. The first-order valence-corrected chi connectivity index (χ1v) is 38.4. The van der Waals surface area contributed by atoms with Crippen molar-refractivity contribution in [3.63, 3.8) is 0 Å². The molecule has 0 saturated carbocycles. The maximum atomic E-state index is 13.6. The number of benzene rings is 4. The molecule has 4 aromatic carbocycles. The number of rotatable bonds is 19. The fourth-order valence-corrected chi connectivity index (χ4v) is 16.7. The molecule has 3 unspecified atom stereocenters. The van der Waals surface area contributed by atoms with Gasteiger partial charge < -0.3 is 62.6 Å². The van der Waals surface area contributed by atoms with Crippen LogP contribution in [0.25, 0.3) is 43.8 Å². The minimum atomic E-state index is -1.23. The molecule has 618 valence electrons. The van der Waals surface area contributed by atoms with E-state index in [0.29, 0.717) is 48.3 Å². The molecular weight excluding hydrogens is 1530 g/mol. The number of piperidine rings is 4. The van der Waals surface area contributed by atoms with Crippen LogP contribution in [0.4, 0.5) is 0 Å². The number of likely N-dealkylation sites (tertiary alicyclic amines) is 2. The highest BCUT2D eigenvalue weighted by molar-refractivity contribution is 6.25. The van der Waals surface area contributed by atoms with Crippen molar-refractivity contribution in [1.29, 1.82) is 0 Å².